The van der Waals surface area contributed by atoms with Crippen molar-refractivity contribution in [3.63, 3.8) is 0 Å². The van der Waals surface area contributed by atoms with Gasteiger partial charge in [0.05, 0.1) is 4.90 Å². The predicted molar refractivity (Wildman–Crippen MR) is 102 cm³/mol. The Morgan fingerprint density at radius 1 is 1.19 bits per heavy atom. The Labute approximate surface area is 154 Å². The largest absolute Gasteiger partial charge is 0.322 e. The number of hydrogen-bond donors (Lipinski definition) is 3. The van der Waals surface area contributed by atoms with Crippen LogP contribution in [0.1, 0.15) is 29.3 Å². The minimum absolute atomic E-state index is 0.0980. The number of carbonyl (C=O) groups is 1. The van der Waals surface area contributed by atoms with E-state index < -0.39 is 10.0 Å². The van der Waals surface area contributed by atoms with E-state index in [1.165, 1.54) is 12.1 Å². The maximum atomic E-state index is 12.6. The molecule has 0 saturated carbocycles. The molecule has 0 aliphatic carbocycles. The minimum atomic E-state index is -3.66. The van der Waals surface area contributed by atoms with Gasteiger partial charge >= 0.3 is 0 Å². The Morgan fingerprint density at radius 2 is 2.00 bits per heavy atom. The second-order valence-electron chi connectivity index (χ2n) is 6.30. The molecule has 2 aromatic carbocycles. The first-order valence-electron chi connectivity index (χ1n) is 8.72. The van der Waals surface area contributed by atoms with E-state index in [4.69, 9.17) is 0 Å². The maximum absolute atomic E-state index is 12.6. The summed E-state index contributed by atoms with van der Waals surface area (Å²) in [6.45, 7) is 3.43. The number of hydrogen-bond acceptors (Lipinski definition) is 4. The molecule has 1 fully saturated rings. The second kappa shape index (κ2) is 7.99. The van der Waals surface area contributed by atoms with Gasteiger partial charge in [-0.1, -0.05) is 31.2 Å². The highest BCUT2D eigenvalue weighted by Crippen LogP contribution is 2.18. The molecule has 1 aliphatic rings. The third-order valence-electron chi connectivity index (χ3n) is 4.44. The van der Waals surface area contributed by atoms with Crippen LogP contribution < -0.4 is 15.4 Å². The number of para-hydroxylation sites is 1. The van der Waals surface area contributed by atoms with Gasteiger partial charge in [0.15, 0.2) is 0 Å². The lowest BCUT2D eigenvalue weighted by Crippen LogP contribution is -2.36. The van der Waals surface area contributed by atoms with Crippen molar-refractivity contribution in [2.24, 2.45) is 0 Å². The van der Waals surface area contributed by atoms with Crippen molar-refractivity contribution in [2.75, 3.05) is 18.4 Å². The van der Waals surface area contributed by atoms with Gasteiger partial charge in [0, 0.05) is 23.8 Å². The Hall–Kier alpha value is -2.22. The molecule has 1 amide bonds. The molecule has 3 rings (SSSR count). The van der Waals surface area contributed by atoms with Gasteiger partial charge in [-0.2, -0.15) is 0 Å². The van der Waals surface area contributed by atoms with E-state index in [1.54, 1.807) is 12.1 Å². The van der Waals surface area contributed by atoms with E-state index in [0.717, 1.165) is 30.6 Å². The number of aryl methyl sites for hydroxylation is 1. The monoisotopic (exact) mass is 373 g/mol. The molecule has 0 radical (unpaired) electrons. The minimum Gasteiger partial charge on any atom is -0.322 e. The Kier molecular flexibility index (Phi) is 5.70. The van der Waals surface area contributed by atoms with Crippen LogP contribution in [0, 0.1) is 0 Å². The van der Waals surface area contributed by atoms with Gasteiger partial charge in [-0.15, -0.1) is 0 Å². The van der Waals surface area contributed by atoms with Crippen molar-refractivity contribution in [1.82, 2.24) is 10.0 Å². The molecular formula is C19H23N3O3S. The van der Waals surface area contributed by atoms with Gasteiger partial charge in [-0.25, -0.2) is 13.1 Å². The summed E-state index contributed by atoms with van der Waals surface area (Å²) < 4.78 is 27.8. The van der Waals surface area contributed by atoms with Gasteiger partial charge < -0.3 is 10.6 Å². The maximum Gasteiger partial charge on any atom is 0.255 e. The lowest BCUT2D eigenvalue weighted by atomic mass is 10.1. The number of amides is 1. The van der Waals surface area contributed by atoms with Crippen molar-refractivity contribution in [3.8, 4) is 0 Å². The van der Waals surface area contributed by atoms with Gasteiger partial charge in [0.1, 0.15) is 0 Å². The Morgan fingerprint density at radius 3 is 2.73 bits per heavy atom. The summed E-state index contributed by atoms with van der Waals surface area (Å²) in [6, 6.07) is 13.6. The van der Waals surface area contributed by atoms with Gasteiger partial charge in [-0.05, 0) is 49.2 Å². The lowest BCUT2D eigenvalue weighted by Gasteiger charge is -2.13. The molecule has 1 aliphatic heterocycles. The summed E-state index contributed by atoms with van der Waals surface area (Å²) in [5.74, 6) is -0.328. The molecule has 2 aromatic rings. The summed E-state index contributed by atoms with van der Waals surface area (Å²) in [6.07, 6.45) is 1.55. The van der Waals surface area contributed by atoms with E-state index in [1.807, 2.05) is 31.2 Å². The molecule has 6 nitrogen and oxygen atoms in total. The summed E-state index contributed by atoms with van der Waals surface area (Å²) >= 11 is 0. The van der Waals surface area contributed by atoms with Crippen LogP contribution in [-0.2, 0) is 16.4 Å². The number of benzene rings is 2. The molecule has 0 aromatic heterocycles. The fourth-order valence-electron chi connectivity index (χ4n) is 2.99. The molecule has 0 unspecified atom stereocenters. The highest BCUT2D eigenvalue weighted by molar-refractivity contribution is 7.89. The predicted octanol–water partition coefficient (Wildman–Crippen LogP) is 2.14. The fraction of sp³-hybridized carbons (Fsp3) is 0.316. The third kappa shape index (κ3) is 4.30. The summed E-state index contributed by atoms with van der Waals surface area (Å²) in [5, 5.41) is 5.99. The fourth-order valence-corrected chi connectivity index (χ4v) is 4.31. The Bertz CT molecular complexity index is 890. The number of sulfonamides is 1. The van der Waals surface area contributed by atoms with Crippen molar-refractivity contribution < 1.29 is 13.2 Å². The topological polar surface area (TPSA) is 87.3 Å². The summed E-state index contributed by atoms with van der Waals surface area (Å²) in [7, 11) is -3.66. The third-order valence-corrected chi connectivity index (χ3v) is 5.95. The number of nitrogens with one attached hydrogen (secondary N) is 3. The van der Waals surface area contributed by atoms with Gasteiger partial charge in [0.2, 0.25) is 10.0 Å². The van der Waals surface area contributed by atoms with Gasteiger partial charge in [-0.3, -0.25) is 4.79 Å². The van der Waals surface area contributed by atoms with Crippen LogP contribution in [0.3, 0.4) is 0 Å². The van der Waals surface area contributed by atoms with E-state index >= 15 is 0 Å². The SMILES string of the molecule is CCc1ccccc1NC(=O)c1cccc(S(=O)(=O)N[C@H]2CCNC2)c1. The smallest absolute Gasteiger partial charge is 0.255 e. The highest BCUT2D eigenvalue weighted by atomic mass is 32.2. The van der Waals surface area contributed by atoms with Crippen LogP contribution in [0.2, 0.25) is 0 Å². The van der Waals surface area contributed by atoms with E-state index in [-0.39, 0.29) is 16.8 Å². The molecule has 26 heavy (non-hydrogen) atoms. The van der Waals surface area contributed by atoms with E-state index in [0.29, 0.717) is 12.1 Å². The Balaban J connectivity index is 1.79. The first-order chi connectivity index (χ1) is 12.5. The first-order valence-corrected chi connectivity index (χ1v) is 10.2. The zero-order chi connectivity index (χ0) is 18.6. The normalized spacial score (nSPS) is 17.2. The molecule has 1 saturated heterocycles. The molecular weight excluding hydrogens is 350 g/mol. The zero-order valence-electron chi connectivity index (χ0n) is 14.7. The number of rotatable bonds is 6. The zero-order valence-corrected chi connectivity index (χ0v) is 15.5. The molecule has 7 heteroatoms. The van der Waals surface area contributed by atoms with Crippen LogP contribution in [-0.4, -0.2) is 33.5 Å². The lowest BCUT2D eigenvalue weighted by molar-refractivity contribution is 0.102. The number of carbonyl (C=O) groups excluding carboxylic acids is 1. The molecule has 3 N–H and O–H groups in total. The summed E-state index contributed by atoms with van der Waals surface area (Å²) in [4.78, 5) is 12.7. The van der Waals surface area contributed by atoms with Crippen molar-refractivity contribution in [2.45, 2.75) is 30.7 Å². The van der Waals surface area contributed by atoms with Crippen molar-refractivity contribution in [3.05, 3.63) is 59.7 Å². The second-order valence-corrected chi connectivity index (χ2v) is 8.02. The average molecular weight is 373 g/mol. The van der Waals surface area contributed by atoms with Gasteiger partial charge in [0.25, 0.3) is 5.91 Å². The van der Waals surface area contributed by atoms with Crippen LogP contribution in [0.4, 0.5) is 5.69 Å². The van der Waals surface area contributed by atoms with E-state index in [2.05, 4.69) is 15.4 Å². The van der Waals surface area contributed by atoms with Crippen molar-refractivity contribution in [1.29, 1.82) is 0 Å². The van der Waals surface area contributed by atoms with E-state index in [9.17, 15) is 13.2 Å². The van der Waals surface area contributed by atoms with Crippen LogP contribution in [0.25, 0.3) is 0 Å². The van der Waals surface area contributed by atoms with Crippen LogP contribution in [0.15, 0.2) is 53.4 Å². The highest BCUT2D eigenvalue weighted by Gasteiger charge is 2.23. The van der Waals surface area contributed by atoms with Crippen molar-refractivity contribution >= 4 is 21.6 Å². The van der Waals surface area contributed by atoms with Crippen LogP contribution >= 0.6 is 0 Å². The molecule has 0 bridgehead atoms. The molecule has 138 valence electrons. The standard InChI is InChI=1S/C19H23N3O3S/c1-2-14-6-3-4-9-18(14)21-19(23)15-7-5-8-17(12-15)26(24,25)22-16-10-11-20-13-16/h3-9,12,16,20,22H,2,10-11,13H2,1H3,(H,21,23)/t16-/m0/s1. The molecule has 1 heterocycles. The first kappa shape index (κ1) is 18.6. The molecule has 0 spiro atoms. The number of anilines is 1. The average Bonchev–Trinajstić information content (AvgIpc) is 3.14. The summed E-state index contributed by atoms with van der Waals surface area (Å²) in [5.41, 5.74) is 2.08. The quantitative estimate of drug-likeness (QED) is 0.724. The van der Waals surface area contributed by atoms with Crippen LogP contribution in [0.5, 0.6) is 0 Å². The molecule has 1 atom stereocenters.